The second kappa shape index (κ2) is 8.73. The Hall–Kier alpha value is -3.09. The molecule has 0 atom stereocenters. The van der Waals surface area contributed by atoms with Gasteiger partial charge in [0.1, 0.15) is 5.75 Å². The first-order valence-corrected chi connectivity index (χ1v) is 9.46. The van der Waals surface area contributed by atoms with Gasteiger partial charge in [-0.15, -0.1) is 0 Å². The van der Waals surface area contributed by atoms with Gasteiger partial charge < -0.3 is 19.9 Å². The van der Waals surface area contributed by atoms with Crippen LogP contribution >= 0.6 is 0 Å². The standard InChI is InChI=1S/C21H26N4O3/c1-15(2)28-20-7-5-4-6-19(20)23-21(27)17-12-18(14-22-13-17)25-10-8-24(9-11-25)16(3)26/h4-7,12-15H,8-11H2,1-3H3,(H,23,27). The van der Waals surface area contributed by atoms with E-state index < -0.39 is 0 Å². The number of carbonyl (C=O) groups excluding carboxylic acids is 2. The molecule has 1 fully saturated rings. The van der Waals surface area contributed by atoms with Crippen LogP contribution in [0.25, 0.3) is 0 Å². The van der Waals surface area contributed by atoms with E-state index in [-0.39, 0.29) is 17.9 Å². The van der Waals surface area contributed by atoms with Gasteiger partial charge in [-0.3, -0.25) is 14.6 Å². The Kier molecular flexibility index (Phi) is 6.13. The summed E-state index contributed by atoms with van der Waals surface area (Å²) in [5.41, 5.74) is 1.98. The summed E-state index contributed by atoms with van der Waals surface area (Å²) in [6.45, 7) is 8.25. The van der Waals surface area contributed by atoms with Crippen LogP contribution in [0.4, 0.5) is 11.4 Å². The molecule has 28 heavy (non-hydrogen) atoms. The molecule has 148 valence electrons. The van der Waals surface area contributed by atoms with Crippen LogP contribution in [0.5, 0.6) is 5.75 Å². The summed E-state index contributed by atoms with van der Waals surface area (Å²) in [5.74, 6) is 0.486. The van der Waals surface area contributed by atoms with Crippen molar-refractivity contribution < 1.29 is 14.3 Å². The molecule has 1 saturated heterocycles. The highest BCUT2D eigenvalue weighted by molar-refractivity contribution is 6.05. The predicted octanol–water partition coefficient (Wildman–Crippen LogP) is 2.79. The first-order chi connectivity index (χ1) is 13.4. The third-order valence-corrected chi connectivity index (χ3v) is 4.57. The molecule has 0 radical (unpaired) electrons. The average molecular weight is 382 g/mol. The Morgan fingerprint density at radius 1 is 1.11 bits per heavy atom. The fraction of sp³-hybridized carbons (Fsp3) is 0.381. The maximum absolute atomic E-state index is 12.8. The molecule has 3 rings (SSSR count). The summed E-state index contributed by atoms with van der Waals surface area (Å²) in [6, 6.07) is 9.20. The van der Waals surface area contributed by atoms with Gasteiger partial charge in [0.2, 0.25) is 5.91 Å². The maximum atomic E-state index is 12.8. The molecular weight excluding hydrogens is 356 g/mol. The van der Waals surface area contributed by atoms with E-state index in [4.69, 9.17) is 4.74 Å². The molecule has 0 bridgehead atoms. The van der Waals surface area contributed by atoms with Crippen LogP contribution in [0.15, 0.2) is 42.7 Å². The zero-order valence-corrected chi connectivity index (χ0v) is 16.5. The minimum Gasteiger partial charge on any atom is -0.489 e. The number of pyridine rings is 1. The fourth-order valence-corrected chi connectivity index (χ4v) is 3.13. The van der Waals surface area contributed by atoms with Crippen LogP contribution in [-0.4, -0.2) is 54.0 Å². The summed E-state index contributed by atoms with van der Waals surface area (Å²) in [4.78, 5) is 32.4. The van der Waals surface area contributed by atoms with Gasteiger partial charge in [-0.05, 0) is 32.0 Å². The van der Waals surface area contributed by atoms with Crippen molar-refractivity contribution in [2.24, 2.45) is 0 Å². The molecule has 7 heteroatoms. The van der Waals surface area contributed by atoms with Crippen LogP contribution in [-0.2, 0) is 4.79 Å². The zero-order valence-electron chi connectivity index (χ0n) is 16.5. The molecule has 1 N–H and O–H groups in total. The number of carbonyl (C=O) groups is 2. The van der Waals surface area contributed by atoms with Crippen molar-refractivity contribution in [2.75, 3.05) is 36.4 Å². The molecule has 1 aromatic heterocycles. The van der Waals surface area contributed by atoms with Crippen molar-refractivity contribution >= 4 is 23.2 Å². The van der Waals surface area contributed by atoms with Gasteiger partial charge in [-0.25, -0.2) is 0 Å². The molecule has 0 spiro atoms. The number of piperazine rings is 1. The molecule has 1 aliphatic heterocycles. The van der Waals surface area contributed by atoms with Gasteiger partial charge in [0.25, 0.3) is 5.91 Å². The average Bonchev–Trinajstić information content (AvgIpc) is 2.69. The zero-order chi connectivity index (χ0) is 20.1. The summed E-state index contributed by atoms with van der Waals surface area (Å²) < 4.78 is 5.76. The highest BCUT2D eigenvalue weighted by Crippen LogP contribution is 2.26. The van der Waals surface area contributed by atoms with Crippen molar-refractivity contribution in [2.45, 2.75) is 26.9 Å². The van der Waals surface area contributed by atoms with E-state index in [2.05, 4.69) is 15.2 Å². The second-order valence-corrected chi connectivity index (χ2v) is 7.04. The number of nitrogens with zero attached hydrogens (tertiary/aromatic N) is 3. The van der Waals surface area contributed by atoms with E-state index in [0.717, 1.165) is 18.8 Å². The van der Waals surface area contributed by atoms with Gasteiger partial charge in [0.15, 0.2) is 0 Å². The van der Waals surface area contributed by atoms with E-state index in [0.29, 0.717) is 30.1 Å². The van der Waals surface area contributed by atoms with E-state index in [1.54, 1.807) is 19.3 Å². The van der Waals surface area contributed by atoms with Crippen molar-refractivity contribution in [3.8, 4) is 5.75 Å². The molecule has 1 aromatic carbocycles. The molecule has 0 unspecified atom stereocenters. The van der Waals surface area contributed by atoms with E-state index in [9.17, 15) is 9.59 Å². The maximum Gasteiger partial charge on any atom is 0.257 e. The lowest BCUT2D eigenvalue weighted by Crippen LogP contribution is -2.48. The molecule has 2 amide bonds. The van der Waals surface area contributed by atoms with Crippen LogP contribution < -0.4 is 15.0 Å². The number of amides is 2. The molecule has 2 aromatic rings. The number of rotatable bonds is 5. The second-order valence-electron chi connectivity index (χ2n) is 7.04. The van der Waals surface area contributed by atoms with Crippen molar-refractivity contribution in [1.29, 1.82) is 0 Å². The third-order valence-electron chi connectivity index (χ3n) is 4.57. The first-order valence-electron chi connectivity index (χ1n) is 9.46. The molecule has 7 nitrogen and oxygen atoms in total. The SMILES string of the molecule is CC(=O)N1CCN(c2cncc(C(=O)Nc3ccccc3OC(C)C)c2)CC1. The topological polar surface area (TPSA) is 74.8 Å². The Morgan fingerprint density at radius 3 is 2.50 bits per heavy atom. The minimum absolute atomic E-state index is 0.0108. The Morgan fingerprint density at radius 2 is 1.82 bits per heavy atom. The number of ether oxygens (including phenoxy) is 1. The molecule has 0 saturated carbocycles. The summed E-state index contributed by atoms with van der Waals surface area (Å²) in [7, 11) is 0. The van der Waals surface area contributed by atoms with Crippen LogP contribution in [0, 0.1) is 0 Å². The van der Waals surface area contributed by atoms with Gasteiger partial charge >= 0.3 is 0 Å². The largest absolute Gasteiger partial charge is 0.489 e. The number of nitrogens with one attached hydrogen (secondary N) is 1. The number of hydrogen-bond acceptors (Lipinski definition) is 5. The molecule has 0 aliphatic carbocycles. The van der Waals surface area contributed by atoms with E-state index >= 15 is 0 Å². The van der Waals surface area contributed by atoms with Crippen LogP contribution in [0.3, 0.4) is 0 Å². The van der Waals surface area contributed by atoms with Crippen LogP contribution in [0.2, 0.25) is 0 Å². The lowest BCUT2D eigenvalue weighted by atomic mass is 10.2. The van der Waals surface area contributed by atoms with Gasteiger partial charge in [-0.1, -0.05) is 12.1 Å². The fourth-order valence-electron chi connectivity index (χ4n) is 3.13. The smallest absolute Gasteiger partial charge is 0.257 e. The Balaban J connectivity index is 1.71. The Labute approximate surface area is 165 Å². The van der Waals surface area contributed by atoms with Crippen molar-refractivity contribution in [3.63, 3.8) is 0 Å². The normalized spacial score (nSPS) is 14.1. The molecule has 1 aliphatic rings. The monoisotopic (exact) mass is 382 g/mol. The van der Waals surface area contributed by atoms with E-state index in [1.165, 1.54) is 0 Å². The van der Waals surface area contributed by atoms with Crippen molar-refractivity contribution in [3.05, 3.63) is 48.3 Å². The number of anilines is 2. The first kappa shape index (κ1) is 19.7. The van der Waals surface area contributed by atoms with Gasteiger partial charge in [0, 0.05) is 39.3 Å². The summed E-state index contributed by atoms with van der Waals surface area (Å²) in [6.07, 6.45) is 3.31. The predicted molar refractivity (Wildman–Crippen MR) is 109 cm³/mol. The Bertz CT molecular complexity index is 845. The molecule has 2 heterocycles. The van der Waals surface area contributed by atoms with Crippen molar-refractivity contribution in [1.82, 2.24) is 9.88 Å². The highest BCUT2D eigenvalue weighted by Gasteiger charge is 2.20. The molecular formula is C21H26N4O3. The van der Waals surface area contributed by atoms with Crippen LogP contribution in [0.1, 0.15) is 31.1 Å². The lowest BCUT2D eigenvalue weighted by Gasteiger charge is -2.35. The lowest BCUT2D eigenvalue weighted by molar-refractivity contribution is -0.129. The number of hydrogen-bond donors (Lipinski definition) is 1. The summed E-state index contributed by atoms with van der Waals surface area (Å²) >= 11 is 0. The van der Waals surface area contributed by atoms with Gasteiger partial charge in [-0.2, -0.15) is 0 Å². The van der Waals surface area contributed by atoms with E-state index in [1.807, 2.05) is 49.1 Å². The minimum atomic E-state index is -0.239. The van der Waals surface area contributed by atoms with Gasteiger partial charge in [0.05, 0.1) is 29.2 Å². The number of aromatic nitrogens is 1. The number of para-hydroxylation sites is 2. The highest BCUT2D eigenvalue weighted by atomic mass is 16.5. The quantitative estimate of drug-likeness (QED) is 0.861. The number of benzene rings is 1. The third kappa shape index (κ3) is 4.79. The summed E-state index contributed by atoms with van der Waals surface area (Å²) in [5, 5.41) is 2.91.